The SMILES string of the molecule is CC(C)(COC(=O)c1ccccc1)C(=O)Oc1ccc(C[C@H](NN)C(=O)N=O)cc1OC(=O)C(C)(C)COC(=O)c1ccccc1. The molecule has 0 aliphatic rings. The van der Waals surface area contributed by atoms with Crippen LogP contribution in [0.4, 0.5) is 0 Å². The Morgan fingerprint density at radius 3 is 1.61 bits per heavy atom. The minimum atomic E-state index is -1.36. The number of ether oxygens (including phenoxy) is 4. The van der Waals surface area contributed by atoms with Gasteiger partial charge in [0, 0.05) is 5.18 Å². The van der Waals surface area contributed by atoms with E-state index in [1.54, 1.807) is 60.7 Å². The number of hydrogen-bond donors (Lipinski definition) is 2. The number of carbonyl (C=O) groups excluding carboxylic acids is 5. The number of nitrogens with two attached hydrogens (primary N) is 1. The Labute approximate surface area is 265 Å². The molecule has 3 N–H and O–H groups in total. The highest BCUT2D eigenvalue weighted by molar-refractivity contribution is 5.90. The Morgan fingerprint density at radius 2 is 1.17 bits per heavy atom. The van der Waals surface area contributed by atoms with E-state index in [2.05, 4.69) is 10.6 Å². The normalized spacial score (nSPS) is 11.9. The van der Waals surface area contributed by atoms with Crippen molar-refractivity contribution in [3.8, 4) is 11.5 Å². The van der Waals surface area contributed by atoms with Gasteiger partial charge >= 0.3 is 29.8 Å². The topological polar surface area (TPSA) is 190 Å². The number of amides is 1. The molecule has 0 saturated heterocycles. The summed E-state index contributed by atoms with van der Waals surface area (Å²) in [4.78, 5) is 74.0. The third-order valence-corrected chi connectivity index (χ3v) is 6.69. The van der Waals surface area contributed by atoms with Crippen molar-refractivity contribution < 1.29 is 42.9 Å². The summed E-state index contributed by atoms with van der Waals surface area (Å²) in [6, 6.07) is 19.4. The summed E-state index contributed by atoms with van der Waals surface area (Å²) in [5, 5.41) is 2.39. The lowest BCUT2D eigenvalue weighted by atomic mass is 9.95. The molecule has 1 amide bonds. The van der Waals surface area contributed by atoms with Gasteiger partial charge in [-0.1, -0.05) is 42.5 Å². The zero-order chi connectivity index (χ0) is 33.9. The van der Waals surface area contributed by atoms with E-state index in [1.165, 1.54) is 45.9 Å². The molecule has 0 aliphatic carbocycles. The monoisotopic (exact) mass is 633 g/mol. The molecule has 0 bridgehead atoms. The van der Waals surface area contributed by atoms with Gasteiger partial charge in [0.2, 0.25) is 0 Å². The van der Waals surface area contributed by atoms with Gasteiger partial charge in [0.05, 0.1) is 22.0 Å². The number of rotatable bonds is 14. The second-order valence-electron chi connectivity index (χ2n) is 11.6. The van der Waals surface area contributed by atoms with Gasteiger partial charge in [-0.15, -0.1) is 4.91 Å². The fraction of sp³-hybridized carbons (Fsp3) is 0.303. The molecule has 242 valence electrons. The number of benzene rings is 3. The van der Waals surface area contributed by atoms with Gasteiger partial charge < -0.3 is 18.9 Å². The summed E-state index contributed by atoms with van der Waals surface area (Å²) < 4.78 is 21.9. The summed E-state index contributed by atoms with van der Waals surface area (Å²) in [6.45, 7) is 5.34. The maximum Gasteiger partial charge on any atom is 0.338 e. The zero-order valence-electron chi connectivity index (χ0n) is 25.8. The molecule has 0 radical (unpaired) electrons. The first-order chi connectivity index (χ1) is 21.8. The van der Waals surface area contributed by atoms with Crippen molar-refractivity contribution in [2.24, 2.45) is 21.8 Å². The van der Waals surface area contributed by atoms with Crippen LogP contribution in [-0.2, 0) is 30.3 Å². The maximum absolute atomic E-state index is 13.3. The highest BCUT2D eigenvalue weighted by Crippen LogP contribution is 2.33. The van der Waals surface area contributed by atoms with Crippen LogP contribution in [0.1, 0.15) is 54.0 Å². The van der Waals surface area contributed by atoms with Crippen LogP contribution >= 0.6 is 0 Å². The third-order valence-electron chi connectivity index (χ3n) is 6.69. The van der Waals surface area contributed by atoms with Crippen molar-refractivity contribution in [3.05, 3.63) is 100 Å². The molecule has 1 atom stereocenters. The standard InChI is InChI=1S/C33H35N3O10/c1-32(2,19-43-28(38)22-11-7-5-8-12-22)30(40)45-25-16-15-21(17-24(35-34)27(37)36-42)18-26(25)46-31(41)33(3,4)20-44-29(39)23-13-9-6-10-14-23/h5-16,18,24,35H,17,19-20,34H2,1-4H3/t24-/m0/s1. The van der Waals surface area contributed by atoms with E-state index in [0.29, 0.717) is 16.7 Å². The van der Waals surface area contributed by atoms with E-state index in [0.717, 1.165) is 0 Å². The van der Waals surface area contributed by atoms with Crippen LogP contribution in [0.2, 0.25) is 0 Å². The lowest BCUT2D eigenvalue weighted by Gasteiger charge is -2.25. The van der Waals surface area contributed by atoms with Gasteiger partial charge in [0.1, 0.15) is 19.3 Å². The van der Waals surface area contributed by atoms with Crippen LogP contribution in [-0.4, -0.2) is 49.0 Å². The second kappa shape index (κ2) is 15.6. The van der Waals surface area contributed by atoms with Crippen LogP contribution in [0, 0.1) is 15.7 Å². The number of nitroso groups, excluding NO2 is 1. The molecule has 0 spiro atoms. The number of hydrazine groups is 1. The van der Waals surface area contributed by atoms with Gasteiger partial charge in [-0.25, -0.2) is 15.0 Å². The molecular formula is C33H35N3O10. The number of nitrogens with one attached hydrogen (secondary N) is 1. The van der Waals surface area contributed by atoms with Crippen molar-refractivity contribution >= 4 is 29.8 Å². The van der Waals surface area contributed by atoms with E-state index < -0.39 is 46.7 Å². The van der Waals surface area contributed by atoms with Crippen LogP contribution in [0.5, 0.6) is 11.5 Å². The zero-order valence-corrected chi connectivity index (χ0v) is 25.8. The van der Waals surface area contributed by atoms with E-state index >= 15 is 0 Å². The van der Waals surface area contributed by atoms with Crippen molar-refractivity contribution in [1.29, 1.82) is 0 Å². The van der Waals surface area contributed by atoms with Gasteiger partial charge in [-0.2, -0.15) is 0 Å². The van der Waals surface area contributed by atoms with E-state index in [1.807, 2.05) is 0 Å². The maximum atomic E-state index is 13.3. The first-order valence-corrected chi connectivity index (χ1v) is 14.1. The predicted octanol–water partition coefficient (Wildman–Crippen LogP) is 3.93. The number of hydrogen-bond acceptors (Lipinski definition) is 12. The minimum absolute atomic E-state index is 0.126. The molecule has 13 nitrogen and oxygen atoms in total. The molecular weight excluding hydrogens is 598 g/mol. The smallest absolute Gasteiger partial charge is 0.338 e. The van der Waals surface area contributed by atoms with Crippen molar-refractivity contribution in [2.75, 3.05) is 13.2 Å². The Morgan fingerprint density at radius 1 is 0.717 bits per heavy atom. The molecule has 0 saturated carbocycles. The van der Waals surface area contributed by atoms with E-state index in [-0.39, 0.29) is 31.1 Å². The fourth-order valence-electron chi connectivity index (χ4n) is 3.76. The average molecular weight is 634 g/mol. The van der Waals surface area contributed by atoms with Crippen molar-refractivity contribution in [1.82, 2.24) is 5.43 Å². The average Bonchev–Trinajstić information content (AvgIpc) is 3.06. The minimum Gasteiger partial charge on any atom is -0.461 e. The molecule has 0 aromatic heterocycles. The van der Waals surface area contributed by atoms with Gasteiger partial charge in [0.15, 0.2) is 11.5 Å². The predicted molar refractivity (Wildman–Crippen MR) is 164 cm³/mol. The summed E-state index contributed by atoms with van der Waals surface area (Å²) in [5.74, 6) is 1.06. The molecule has 3 rings (SSSR count). The van der Waals surface area contributed by atoms with Crippen LogP contribution in [0.3, 0.4) is 0 Å². The number of esters is 4. The number of carbonyl (C=O) groups is 5. The molecule has 0 heterocycles. The summed E-state index contributed by atoms with van der Waals surface area (Å²) in [5.41, 5.74) is 0.493. The Balaban J connectivity index is 1.81. The van der Waals surface area contributed by atoms with Gasteiger partial charge in [0.25, 0.3) is 0 Å². The fourth-order valence-corrected chi connectivity index (χ4v) is 3.76. The Kier molecular flexibility index (Phi) is 12.0. The van der Waals surface area contributed by atoms with E-state index in [4.69, 9.17) is 24.8 Å². The lowest BCUT2D eigenvalue weighted by Crippen LogP contribution is -2.42. The molecule has 13 heteroatoms. The lowest BCUT2D eigenvalue weighted by molar-refractivity contribution is -0.149. The molecule has 3 aromatic carbocycles. The third kappa shape index (κ3) is 9.61. The summed E-state index contributed by atoms with van der Waals surface area (Å²) >= 11 is 0. The van der Waals surface area contributed by atoms with Crippen LogP contribution in [0.25, 0.3) is 0 Å². The largest absolute Gasteiger partial charge is 0.461 e. The Bertz CT molecular complexity index is 1570. The highest BCUT2D eigenvalue weighted by atomic mass is 16.6. The molecule has 0 unspecified atom stereocenters. The molecule has 0 aliphatic heterocycles. The van der Waals surface area contributed by atoms with Gasteiger partial charge in [-0.3, -0.25) is 20.2 Å². The van der Waals surface area contributed by atoms with Crippen molar-refractivity contribution in [3.63, 3.8) is 0 Å². The molecule has 46 heavy (non-hydrogen) atoms. The first kappa shape index (κ1) is 35.2. The summed E-state index contributed by atoms with van der Waals surface area (Å²) in [6.07, 6.45) is -0.126. The molecule has 3 aromatic rings. The quantitative estimate of drug-likeness (QED) is 0.0856. The highest BCUT2D eigenvalue weighted by Gasteiger charge is 2.35. The van der Waals surface area contributed by atoms with Crippen molar-refractivity contribution in [2.45, 2.75) is 40.2 Å². The molecule has 0 fully saturated rings. The second-order valence-corrected chi connectivity index (χ2v) is 11.6. The Hall–Kier alpha value is -5.27. The number of nitrogens with zero attached hydrogens (tertiary/aromatic N) is 1. The van der Waals surface area contributed by atoms with E-state index in [9.17, 15) is 28.9 Å². The van der Waals surface area contributed by atoms with Gasteiger partial charge in [-0.05, 0) is 76.1 Å². The summed E-state index contributed by atoms with van der Waals surface area (Å²) in [7, 11) is 0. The van der Waals surface area contributed by atoms with Crippen LogP contribution in [0.15, 0.2) is 84.0 Å². The van der Waals surface area contributed by atoms with Crippen LogP contribution < -0.4 is 20.7 Å². The first-order valence-electron chi connectivity index (χ1n) is 14.1.